The molecule has 0 saturated heterocycles. The molecule has 1 aromatic rings. The van der Waals surface area contributed by atoms with Gasteiger partial charge in [-0.25, -0.2) is 0 Å². The number of alkyl halides is 4. The summed E-state index contributed by atoms with van der Waals surface area (Å²) in [6, 6.07) is 5.61. The summed E-state index contributed by atoms with van der Waals surface area (Å²) in [6.07, 6.45) is 11.8. The Hall–Kier alpha value is -1.70. The number of hydrogen-bond donors (Lipinski definition) is 0. The largest absolute Gasteiger partial charge is 0.461 e. The number of halogens is 4. The molecule has 2 aliphatic carbocycles. The molecule has 2 aliphatic rings. The van der Waals surface area contributed by atoms with Gasteiger partial charge in [-0.1, -0.05) is 76.6 Å². The van der Waals surface area contributed by atoms with Gasteiger partial charge in [-0.15, -0.1) is 0 Å². The number of ether oxygens (including phenoxy) is 1. The van der Waals surface area contributed by atoms with E-state index in [0.717, 1.165) is 30.6 Å². The van der Waals surface area contributed by atoms with Crippen molar-refractivity contribution in [2.45, 2.75) is 116 Å². The average Bonchev–Trinajstić information content (AvgIpc) is 2.86. The second-order valence-corrected chi connectivity index (χ2v) is 10.7. The summed E-state index contributed by atoms with van der Waals surface area (Å²) < 4.78 is 54.6. The van der Waals surface area contributed by atoms with Crippen LogP contribution in [0.2, 0.25) is 0 Å². The molecule has 0 atom stereocenters. The van der Waals surface area contributed by atoms with E-state index in [1.165, 1.54) is 95.6 Å². The van der Waals surface area contributed by atoms with Gasteiger partial charge in [-0.2, -0.15) is 17.6 Å². The van der Waals surface area contributed by atoms with Crippen LogP contribution in [0.25, 0.3) is 0 Å². The van der Waals surface area contributed by atoms with E-state index < -0.39 is 12.5 Å². The molecule has 2 saturated carbocycles. The molecule has 5 heteroatoms. The highest BCUT2D eigenvalue weighted by molar-refractivity contribution is 5.38. The number of unbranched alkanes of at least 4 members (excludes halogenated alkanes) is 5. The Morgan fingerprint density at radius 3 is 2.00 bits per heavy atom. The zero-order chi connectivity index (χ0) is 25.1. The quantitative estimate of drug-likeness (QED) is 0.169. The van der Waals surface area contributed by atoms with Crippen LogP contribution in [0.4, 0.5) is 17.6 Å². The van der Waals surface area contributed by atoms with E-state index in [9.17, 15) is 17.6 Å². The molecule has 0 N–H and O–H groups in total. The number of benzene rings is 1. The maximum absolute atomic E-state index is 13.0. The minimum absolute atomic E-state index is 0.289. The summed E-state index contributed by atoms with van der Waals surface area (Å²) in [4.78, 5) is 0. The molecule has 0 aliphatic heterocycles. The summed E-state index contributed by atoms with van der Waals surface area (Å²) in [5, 5.41) is 0. The Morgan fingerprint density at radius 1 is 0.829 bits per heavy atom. The van der Waals surface area contributed by atoms with Gasteiger partial charge in [-0.05, 0) is 80.5 Å². The Labute approximate surface area is 209 Å². The first-order valence-corrected chi connectivity index (χ1v) is 13.8. The van der Waals surface area contributed by atoms with Gasteiger partial charge in [0.2, 0.25) is 0 Å². The van der Waals surface area contributed by atoms with Crippen molar-refractivity contribution in [1.82, 2.24) is 0 Å². The van der Waals surface area contributed by atoms with Gasteiger partial charge in [0.15, 0.2) is 0 Å². The second kappa shape index (κ2) is 14.1. The van der Waals surface area contributed by atoms with Crippen LogP contribution in [-0.2, 0) is 0 Å². The molecular formula is C30H42F4O. The van der Waals surface area contributed by atoms with Gasteiger partial charge in [0.05, 0.1) is 0 Å². The molecule has 196 valence electrons. The first kappa shape index (κ1) is 27.9. The van der Waals surface area contributed by atoms with E-state index in [2.05, 4.69) is 23.5 Å². The Kier molecular flexibility index (Phi) is 11.3. The summed E-state index contributed by atoms with van der Waals surface area (Å²) >= 11 is 0. The maximum atomic E-state index is 13.0. The van der Waals surface area contributed by atoms with Crippen LogP contribution in [0.5, 0.6) is 5.75 Å². The molecule has 35 heavy (non-hydrogen) atoms. The number of rotatable bonds is 11. The van der Waals surface area contributed by atoms with E-state index in [1.54, 1.807) is 12.1 Å². The molecule has 0 heterocycles. The molecule has 2 fully saturated rings. The fraction of sp³-hybridized carbons (Fsp3) is 0.733. The van der Waals surface area contributed by atoms with Crippen molar-refractivity contribution in [1.29, 1.82) is 0 Å². The minimum atomic E-state index is -4.49. The van der Waals surface area contributed by atoms with Crippen molar-refractivity contribution in [2.24, 2.45) is 23.7 Å². The lowest BCUT2D eigenvalue weighted by Crippen LogP contribution is -2.33. The zero-order valence-corrected chi connectivity index (χ0v) is 21.2. The third-order valence-corrected chi connectivity index (χ3v) is 8.08. The molecule has 0 unspecified atom stereocenters. The zero-order valence-electron chi connectivity index (χ0n) is 21.2. The fourth-order valence-corrected chi connectivity index (χ4v) is 5.89. The molecule has 3 rings (SSSR count). The Bertz CT molecular complexity index is 779. The monoisotopic (exact) mass is 494 g/mol. The van der Waals surface area contributed by atoms with E-state index in [0.29, 0.717) is 11.5 Å². The summed E-state index contributed by atoms with van der Waals surface area (Å²) in [6.45, 7) is 2.27. The van der Waals surface area contributed by atoms with Crippen molar-refractivity contribution in [3.05, 3.63) is 29.8 Å². The minimum Gasteiger partial charge on any atom is -0.428 e. The van der Waals surface area contributed by atoms with E-state index >= 15 is 0 Å². The molecule has 1 aromatic carbocycles. The van der Waals surface area contributed by atoms with Crippen LogP contribution in [-0.4, -0.2) is 12.5 Å². The molecule has 0 spiro atoms. The Balaban J connectivity index is 1.34. The van der Waals surface area contributed by atoms with Crippen molar-refractivity contribution >= 4 is 0 Å². The topological polar surface area (TPSA) is 9.23 Å². The molecule has 0 aromatic heterocycles. The van der Waals surface area contributed by atoms with E-state index in [4.69, 9.17) is 0 Å². The lowest BCUT2D eigenvalue weighted by atomic mass is 9.69. The molecule has 0 bridgehead atoms. The van der Waals surface area contributed by atoms with Gasteiger partial charge in [0, 0.05) is 11.5 Å². The van der Waals surface area contributed by atoms with Crippen molar-refractivity contribution in [3.8, 4) is 17.6 Å². The van der Waals surface area contributed by atoms with Crippen molar-refractivity contribution < 1.29 is 22.3 Å². The fourth-order valence-electron chi connectivity index (χ4n) is 5.89. The summed E-state index contributed by atoms with van der Waals surface area (Å²) in [7, 11) is 0. The third kappa shape index (κ3) is 9.36. The van der Waals surface area contributed by atoms with Gasteiger partial charge >= 0.3 is 12.5 Å². The second-order valence-electron chi connectivity index (χ2n) is 10.7. The van der Waals surface area contributed by atoms with Crippen molar-refractivity contribution in [2.75, 3.05) is 0 Å². The van der Waals surface area contributed by atoms with Crippen LogP contribution in [0.3, 0.4) is 0 Å². The van der Waals surface area contributed by atoms with Gasteiger partial charge in [-0.3, -0.25) is 0 Å². The first-order chi connectivity index (χ1) is 16.9. The SMILES string of the molecule is CCCCCCCCC1CCC(C2CCC(C#Cc3ccc(OC(F)(F)C(F)F)cc3)CC2)CC1. The summed E-state index contributed by atoms with van der Waals surface area (Å²) in [5.41, 5.74) is 0.684. The Morgan fingerprint density at radius 2 is 1.40 bits per heavy atom. The van der Waals surface area contributed by atoms with Crippen molar-refractivity contribution in [3.63, 3.8) is 0 Å². The average molecular weight is 495 g/mol. The molecule has 1 nitrogen and oxygen atoms in total. The van der Waals surface area contributed by atoms with Crippen LogP contribution in [0, 0.1) is 35.5 Å². The lowest BCUT2D eigenvalue weighted by Gasteiger charge is -2.37. The van der Waals surface area contributed by atoms with Gasteiger partial charge in [0.1, 0.15) is 5.75 Å². The summed E-state index contributed by atoms with van der Waals surface area (Å²) in [5.74, 6) is 9.23. The van der Waals surface area contributed by atoms with Crippen LogP contribution >= 0.6 is 0 Å². The highest BCUT2D eigenvalue weighted by atomic mass is 19.3. The van der Waals surface area contributed by atoms with Gasteiger partial charge < -0.3 is 4.74 Å². The maximum Gasteiger partial charge on any atom is 0.461 e. The molecular weight excluding hydrogens is 452 g/mol. The van der Waals surface area contributed by atoms with Crippen LogP contribution in [0.15, 0.2) is 24.3 Å². The lowest BCUT2D eigenvalue weighted by molar-refractivity contribution is -0.253. The first-order valence-electron chi connectivity index (χ1n) is 13.8. The predicted molar refractivity (Wildman–Crippen MR) is 134 cm³/mol. The third-order valence-electron chi connectivity index (χ3n) is 8.08. The van der Waals surface area contributed by atoms with E-state index in [1.807, 2.05) is 0 Å². The van der Waals surface area contributed by atoms with Crippen LogP contribution in [0.1, 0.15) is 109 Å². The van der Waals surface area contributed by atoms with Gasteiger partial charge in [0.25, 0.3) is 0 Å². The smallest absolute Gasteiger partial charge is 0.428 e. The highest BCUT2D eigenvalue weighted by Gasteiger charge is 2.43. The van der Waals surface area contributed by atoms with Crippen LogP contribution < -0.4 is 4.74 Å². The standard InChI is InChI=1S/C30H42F4O/c1-2-3-4-5-6-7-8-23-11-17-26(18-12-23)27-19-13-24(14-20-27)9-10-25-15-21-28(22-16-25)35-30(33,34)29(31)32/h15-16,21-24,26-27,29H,2-8,11-14,17-20H2,1H3. The van der Waals surface area contributed by atoms with E-state index in [-0.39, 0.29) is 5.75 Å². The number of hydrogen-bond acceptors (Lipinski definition) is 1. The molecule has 0 amide bonds. The highest BCUT2D eigenvalue weighted by Crippen LogP contribution is 2.42. The molecule has 0 radical (unpaired) electrons. The predicted octanol–water partition coefficient (Wildman–Crippen LogP) is 9.64. The normalized spacial score (nSPS) is 25.2.